The molecule has 184 valence electrons. The molecule has 4 amide bonds. The van der Waals surface area contributed by atoms with Crippen molar-refractivity contribution in [1.29, 1.82) is 0 Å². The summed E-state index contributed by atoms with van der Waals surface area (Å²) in [5, 5.41) is 25.1. The Hall–Kier alpha value is -3.52. The Bertz CT molecular complexity index is 828. The van der Waals surface area contributed by atoms with Crippen molar-refractivity contribution in [3.05, 3.63) is 18.2 Å². The molecule has 33 heavy (non-hydrogen) atoms. The Morgan fingerprint density at radius 3 is 2.09 bits per heavy atom. The molecule has 0 aliphatic rings. The van der Waals surface area contributed by atoms with E-state index in [4.69, 9.17) is 21.7 Å². The first-order valence-corrected chi connectivity index (χ1v) is 10.2. The molecular formula is C19H31N7O7. The molecule has 14 nitrogen and oxygen atoms in total. The molecule has 14 heteroatoms. The number of amides is 4. The quantitative estimate of drug-likeness (QED) is 0.136. The smallest absolute Gasteiger partial charge is 0.328 e. The highest BCUT2D eigenvalue weighted by molar-refractivity contribution is 5.96. The zero-order valence-electron chi connectivity index (χ0n) is 18.4. The predicted octanol–water partition coefficient (Wildman–Crippen LogP) is -3.27. The number of nitrogens with zero attached hydrogens (tertiary/aromatic N) is 1. The zero-order chi connectivity index (χ0) is 25.1. The van der Waals surface area contributed by atoms with Crippen molar-refractivity contribution in [1.82, 2.24) is 25.9 Å². The van der Waals surface area contributed by atoms with Crippen molar-refractivity contribution < 1.29 is 34.2 Å². The van der Waals surface area contributed by atoms with Gasteiger partial charge in [-0.3, -0.25) is 19.2 Å². The normalized spacial score (nSPS) is 14.6. The summed E-state index contributed by atoms with van der Waals surface area (Å²) in [6, 6.07) is -5.28. The maximum absolute atomic E-state index is 12.8. The maximum atomic E-state index is 12.8. The molecule has 0 spiro atoms. The highest BCUT2D eigenvalue weighted by Crippen LogP contribution is 2.05. The van der Waals surface area contributed by atoms with Crippen molar-refractivity contribution >= 4 is 29.6 Å². The van der Waals surface area contributed by atoms with Gasteiger partial charge in [0.25, 0.3) is 0 Å². The van der Waals surface area contributed by atoms with E-state index in [1.54, 1.807) is 0 Å². The van der Waals surface area contributed by atoms with Gasteiger partial charge in [-0.2, -0.15) is 0 Å². The Kier molecular flexibility index (Phi) is 10.9. The number of aliphatic carboxylic acids is 1. The lowest BCUT2D eigenvalue weighted by Gasteiger charge is -2.24. The van der Waals surface area contributed by atoms with Crippen molar-refractivity contribution in [3.8, 4) is 0 Å². The molecule has 0 saturated carbocycles. The molecule has 4 atom stereocenters. The summed E-state index contributed by atoms with van der Waals surface area (Å²) in [5.41, 5.74) is 11.4. The van der Waals surface area contributed by atoms with Crippen LogP contribution >= 0.6 is 0 Å². The van der Waals surface area contributed by atoms with Gasteiger partial charge in [-0.05, 0) is 12.3 Å². The second-order valence-corrected chi connectivity index (χ2v) is 7.89. The third-order valence-corrected chi connectivity index (χ3v) is 4.51. The molecule has 1 heterocycles. The summed E-state index contributed by atoms with van der Waals surface area (Å²) in [5.74, 6) is -4.75. The minimum Gasteiger partial charge on any atom is -0.480 e. The molecule has 1 aromatic rings. The van der Waals surface area contributed by atoms with E-state index in [0.717, 1.165) is 0 Å². The highest BCUT2D eigenvalue weighted by Gasteiger charge is 2.31. The Labute approximate surface area is 189 Å². The molecule has 10 N–H and O–H groups in total. The van der Waals surface area contributed by atoms with Crippen LogP contribution in [0.5, 0.6) is 0 Å². The summed E-state index contributed by atoms with van der Waals surface area (Å²) >= 11 is 0. The van der Waals surface area contributed by atoms with E-state index in [-0.39, 0.29) is 12.3 Å². The molecule has 1 rings (SSSR count). The van der Waals surface area contributed by atoms with Gasteiger partial charge in [0.05, 0.1) is 25.4 Å². The van der Waals surface area contributed by atoms with Gasteiger partial charge in [-0.15, -0.1) is 0 Å². The molecule has 1 aromatic heterocycles. The number of primary amides is 1. The number of hydrogen-bond acceptors (Lipinski definition) is 8. The van der Waals surface area contributed by atoms with Crippen LogP contribution in [-0.4, -0.2) is 80.6 Å². The molecule has 0 aliphatic heterocycles. The third-order valence-electron chi connectivity index (χ3n) is 4.51. The van der Waals surface area contributed by atoms with Gasteiger partial charge in [0.15, 0.2) is 0 Å². The van der Waals surface area contributed by atoms with Crippen LogP contribution in [0.1, 0.15) is 32.4 Å². The lowest BCUT2D eigenvalue weighted by molar-refractivity contribution is -0.143. The average Bonchev–Trinajstić information content (AvgIpc) is 3.22. The number of aliphatic hydroxyl groups excluding tert-OH is 1. The van der Waals surface area contributed by atoms with E-state index in [1.165, 1.54) is 12.5 Å². The van der Waals surface area contributed by atoms with Crippen LogP contribution in [0, 0.1) is 5.92 Å². The number of H-pyrrole nitrogens is 1. The first-order chi connectivity index (χ1) is 15.4. The number of nitrogens with two attached hydrogens (primary N) is 2. The molecule has 0 aromatic carbocycles. The topological polar surface area (TPSA) is 243 Å². The highest BCUT2D eigenvalue weighted by atomic mass is 16.4. The monoisotopic (exact) mass is 469 g/mol. The standard InChI is InChI=1S/C19H31N7O7/c1-9(2)3-11(20)16(29)24-13(5-15(21)28)18(31)25-12(4-10-6-22-8-23-10)17(30)26-14(7-27)19(32)33/h6,8-9,11-14,27H,3-5,7,20H2,1-2H3,(H2,21,28)(H,22,23)(H,24,29)(H,25,31)(H,26,30)(H,32,33). The van der Waals surface area contributed by atoms with Crippen LogP contribution in [-0.2, 0) is 30.4 Å². The molecule has 0 radical (unpaired) electrons. The largest absolute Gasteiger partial charge is 0.480 e. The molecule has 0 aliphatic carbocycles. The van der Waals surface area contributed by atoms with Gasteiger partial charge in [-0.1, -0.05) is 13.8 Å². The SMILES string of the molecule is CC(C)CC(N)C(=O)NC(CC(N)=O)C(=O)NC(Cc1cnc[nH]1)C(=O)NC(CO)C(=O)O. The summed E-state index contributed by atoms with van der Waals surface area (Å²) in [6.07, 6.45) is 2.38. The predicted molar refractivity (Wildman–Crippen MR) is 114 cm³/mol. The minimum atomic E-state index is -1.60. The fraction of sp³-hybridized carbons (Fsp3) is 0.579. The van der Waals surface area contributed by atoms with Crippen molar-refractivity contribution in [2.45, 2.75) is 57.3 Å². The third kappa shape index (κ3) is 9.65. The lowest BCUT2D eigenvalue weighted by atomic mass is 10.0. The number of aromatic nitrogens is 2. The second-order valence-electron chi connectivity index (χ2n) is 7.89. The Morgan fingerprint density at radius 2 is 1.61 bits per heavy atom. The van der Waals surface area contributed by atoms with E-state index >= 15 is 0 Å². The van der Waals surface area contributed by atoms with Gasteiger partial charge in [0.1, 0.15) is 18.1 Å². The summed E-state index contributed by atoms with van der Waals surface area (Å²) in [7, 11) is 0. The maximum Gasteiger partial charge on any atom is 0.328 e. The Morgan fingerprint density at radius 1 is 1.03 bits per heavy atom. The fourth-order valence-electron chi connectivity index (χ4n) is 2.86. The van der Waals surface area contributed by atoms with Crippen LogP contribution < -0.4 is 27.4 Å². The molecule has 0 bridgehead atoms. The van der Waals surface area contributed by atoms with Gasteiger partial charge < -0.3 is 42.6 Å². The number of imidazole rings is 1. The number of carboxylic acid groups (broad SMARTS) is 1. The van der Waals surface area contributed by atoms with Crippen LogP contribution in [0.3, 0.4) is 0 Å². The molecule has 4 unspecified atom stereocenters. The van der Waals surface area contributed by atoms with E-state index in [0.29, 0.717) is 12.1 Å². The average molecular weight is 469 g/mol. The fourth-order valence-corrected chi connectivity index (χ4v) is 2.86. The van der Waals surface area contributed by atoms with Crippen LogP contribution in [0.2, 0.25) is 0 Å². The number of rotatable bonds is 14. The number of aromatic amines is 1. The number of hydrogen-bond donors (Lipinski definition) is 8. The van der Waals surface area contributed by atoms with E-state index < -0.39 is 66.8 Å². The van der Waals surface area contributed by atoms with E-state index in [1.807, 2.05) is 13.8 Å². The Balaban J connectivity index is 3.02. The van der Waals surface area contributed by atoms with Gasteiger partial charge in [0.2, 0.25) is 23.6 Å². The molecular weight excluding hydrogens is 438 g/mol. The number of nitrogens with one attached hydrogen (secondary N) is 4. The van der Waals surface area contributed by atoms with Crippen LogP contribution in [0.25, 0.3) is 0 Å². The van der Waals surface area contributed by atoms with Crippen LogP contribution in [0.15, 0.2) is 12.5 Å². The summed E-state index contributed by atoms with van der Waals surface area (Å²) < 4.78 is 0. The summed E-state index contributed by atoms with van der Waals surface area (Å²) in [4.78, 5) is 67.0. The minimum absolute atomic E-state index is 0.102. The number of carbonyl (C=O) groups is 5. The lowest BCUT2D eigenvalue weighted by Crippen LogP contribution is -2.58. The van der Waals surface area contributed by atoms with Gasteiger partial charge in [0, 0.05) is 18.3 Å². The van der Waals surface area contributed by atoms with Gasteiger partial charge >= 0.3 is 5.97 Å². The van der Waals surface area contributed by atoms with Crippen LogP contribution in [0.4, 0.5) is 0 Å². The van der Waals surface area contributed by atoms with E-state index in [9.17, 15) is 24.0 Å². The molecule has 0 fully saturated rings. The molecule has 0 saturated heterocycles. The van der Waals surface area contributed by atoms with Crippen molar-refractivity contribution in [3.63, 3.8) is 0 Å². The number of carbonyl (C=O) groups excluding carboxylic acids is 4. The van der Waals surface area contributed by atoms with Crippen molar-refractivity contribution in [2.24, 2.45) is 17.4 Å². The van der Waals surface area contributed by atoms with E-state index in [2.05, 4.69) is 25.9 Å². The first kappa shape index (κ1) is 27.5. The van der Waals surface area contributed by atoms with Crippen molar-refractivity contribution in [2.75, 3.05) is 6.61 Å². The number of aliphatic hydroxyl groups is 1. The number of carboxylic acids is 1. The van der Waals surface area contributed by atoms with Gasteiger partial charge in [-0.25, -0.2) is 9.78 Å². The summed E-state index contributed by atoms with van der Waals surface area (Å²) in [6.45, 7) is 2.84. The second kappa shape index (κ2) is 13.1. The first-order valence-electron chi connectivity index (χ1n) is 10.2. The zero-order valence-corrected chi connectivity index (χ0v) is 18.4.